The third kappa shape index (κ3) is 3.08. The minimum atomic E-state index is 0.0497. The van der Waals surface area contributed by atoms with Crippen molar-refractivity contribution in [2.75, 3.05) is 7.05 Å². The van der Waals surface area contributed by atoms with Crippen LogP contribution < -0.4 is 0 Å². The number of amides is 1. The fourth-order valence-electron chi connectivity index (χ4n) is 1.33. The molecule has 0 radical (unpaired) electrons. The van der Waals surface area contributed by atoms with Gasteiger partial charge in [-0.05, 0) is 47.5 Å². The predicted molar refractivity (Wildman–Crippen MR) is 73.7 cm³/mol. The third-order valence-electron chi connectivity index (χ3n) is 2.73. The van der Waals surface area contributed by atoms with Crippen molar-refractivity contribution in [3.63, 3.8) is 0 Å². The van der Waals surface area contributed by atoms with Crippen LogP contribution in [0.5, 0.6) is 0 Å². The summed E-state index contributed by atoms with van der Waals surface area (Å²) in [5, 5.41) is 0. The van der Waals surface area contributed by atoms with Crippen molar-refractivity contribution in [1.29, 1.82) is 0 Å². The van der Waals surface area contributed by atoms with Gasteiger partial charge in [-0.15, -0.1) is 0 Å². The van der Waals surface area contributed by atoms with E-state index < -0.39 is 0 Å². The van der Waals surface area contributed by atoms with Gasteiger partial charge in [0.25, 0.3) is 5.91 Å². The zero-order valence-corrected chi connectivity index (χ0v) is 12.8. The van der Waals surface area contributed by atoms with Crippen molar-refractivity contribution < 1.29 is 4.79 Å². The lowest BCUT2D eigenvalue weighted by Gasteiger charge is -2.24. The summed E-state index contributed by atoms with van der Waals surface area (Å²) in [6.07, 6.45) is 0.955. The molecule has 1 unspecified atom stereocenters. The summed E-state index contributed by atoms with van der Waals surface area (Å²) >= 11 is 6.78. The third-order valence-corrected chi connectivity index (χ3v) is 3.88. The van der Waals surface area contributed by atoms with Crippen molar-refractivity contribution in [3.05, 3.63) is 32.7 Å². The standard InChI is InChI=1S/C12H15Br2NO/c1-4-8(2)15(3)12(16)10-6-5-9(13)7-11(10)14/h5-8H,4H2,1-3H3. The molecule has 1 aromatic carbocycles. The lowest BCUT2D eigenvalue weighted by Crippen LogP contribution is -2.34. The van der Waals surface area contributed by atoms with Crippen LogP contribution in [0, 0.1) is 0 Å². The quantitative estimate of drug-likeness (QED) is 0.805. The van der Waals surface area contributed by atoms with Crippen molar-refractivity contribution in [2.45, 2.75) is 26.3 Å². The molecule has 0 aromatic heterocycles. The molecule has 88 valence electrons. The van der Waals surface area contributed by atoms with Gasteiger partial charge in [0.2, 0.25) is 0 Å². The highest BCUT2D eigenvalue weighted by Crippen LogP contribution is 2.23. The molecular weight excluding hydrogens is 334 g/mol. The summed E-state index contributed by atoms with van der Waals surface area (Å²) in [5.74, 6) is 0.0497. The Balaban J connectivity index is 2.96. The first-order chi connectivity index (χ1) is 7.47. The Morgan fingerprint density at radius 3 is 2.56 bits per heavy atom. The van der Waals surface area contributed by atoms with Crippen LogP contribution in [0.3, 0.4) is 0 Å². The molecule has 2 nitrogen and oxygen atoms in total. The number of hydrogen-bond acceptors (Lipinski definition) is 1. The Hall–Kier alpha value is -0.350. The number of halogens is 2. The number of rotatable bonds is 3. The molecule has 0 aliphatic heterocycles. The molecule has 0 fully saturated rings. The first-order valence-electron chi connectivity index (χ1n) is 5.19. The summed E-state index contributed by atoms with van der Waals surface area (Å²) in [6.45, 7) is 4.12. The van der Waals surface area contributed by atoms with Crippen LogP contribution in [-0.4, -0.2) is 23.9 Å². The number of benzene rings is 1. The van der Waals surface area contributed by atoms with Crippen LogP contribution in [0.15, 0.2) is 27.1 Å². The lowest BCUT2D eigenvalue weighted by molar-refractivity contribution is 0.0739. The SMILES string of the molecule is CCC(C)N(C)C(=O)c1ccc(Br)cc1Br. The molecule has 0 N–H and O–H groups in total. The van der Waals surface area contributed by atoms with E-state index in [0.29, 0.717) is 5.56 Å². The smallest absolute Gasteiger partial charge is 0.254 e. The summed E-state index contributed by atoms with van der Waals surface area (Å²) < 4.78 is 1.78. The van der Waals surface area contributed by atoms with Crippen molar-refractivity contribution in [2.24, 2.45) is 0 Å². The predicted octanol–water partition coefficient (Wildman–Crippen LogP) is 4.08. The van der Waals surface area contributed by atoms with E-state index in [4.69, 9.17) is 0 Å². The zero-order chi connectivity index (χ0) is 12.3. The summed E-state index contributed by atoms with van der Waals surface area (Å²) in [4.78, 5) is 13.9. The Bertz CT molecular complexity index is 393. The normalized spacial score (nSPS) is 12.3. The van der Waals surface area contributed by atoms with Crippen LogP contribution in [0.2, 0.25) is 0 Å². The molecule has 0 saturated carbocycles. The highest BCUT2D eigenvalue weighted by atomic mass is 79.9. The monoisotopic (exact) mass is 347 g/mol. The van der Waals surface area contributed by atoms with E-state index in [0.717, 1.165) is 15.4 Å². The van der Waals surface area contributed by atoms with Gasteiger partial charge < -0.3 is 4.90 Å². The van der Waals surface area contributed by atoms with Gasteiger partial charge in [-0.1, -0.05) is 22.9 Å². The van der Waals surface area contributed by atoms with Crippen LogP contribution in [0.4, 0.5) is 0 Å². The molecule has 1 aromatic rings. The van der Waals surface area contributed by atoms with E-state index in [1.165, 1.54) is 0 Å². The summed E-state index contributed by atoms with van der Waals surface area (Å²) in [7, 11) is 1.84. The Labute approximate surface area is 113 Å². The number of carbonyl (C=O) groups excluding carboxylic acids is 1. The molecule has 4 heteroatoms. The first-order valence-corrected chi connectivity index (χ1v) is 6.78. The van der Waals surface area contributed by atoms with Gasteiger partial charge in [0, 0.05) is 22.0 Å². The van der Waals surface area contributed by atoms with Crippen molar-refractivity contribution in [3.8, 4) is 0 Å². The Kier molecular flexibility index (Phi) is 4.99. The lowest BCUT2D eigenvalue weighted by atomic mass is 10.1. The van der Waals surface area contributed by atoms with E-state index in [1.807, 2.05) is 32.2 Å². The molecule has 16 heavy (non-hydrogen) atoms. The summed E-state index contributed by atoms with van der Waals surface area (Å²) in [5.41, 5.74) is 0.700. The molecular formula is C12H15Br2NO. The molecule has 0 spiro atoms. The molecule has 1 atom stereocenters. The fraction of sp³-hybridized carbons (Fsp3) is 0.417. The van der Waals surface area contributed by atoms with E-state index >= 15 is 0 Å². The molecule has 1 rings (SSSR count). The van der Waals surface area contributed by atoms with E-state index in [9.17, 15) is 4.79 Å². The second kappa shape index (κ2) is 5.82. The van der Waals surface area contributed by atoms with Gasteiger partial charge in [0.15, 0.2) is 0 Å². The maximum Gasteiger partial charge on any atom is 0.254 e. The van der Waals surface area contributed by atoms with Gasteiger partial charge in [-0.2, -0.15) is 0 Å². The maximum absolute atomic E-state index is 12.2. The first kappa shape index (κ1) is 13.7. The largest absolute Gasteiger partial charge is 0.339 e. The molecule has 0 bridgehead atoms. The maximum atomic E-state index is 12.2. The molecule has 0 aliphatic rings. The van der Waals surface area contributed by atoms with Gasteiger partial charge in [0.1, 0.15) is 0 Å². The van der Waals surface area contributed by atoms with Crippen LogP contribution >= 0.6 is 31.9 Å². The van der Waals surface area contributed by atoms with Crippen LogP contribution in [0.25, 0.3) is 0 Å². The van der Waals surface area contributed by atoms with E-state index in [-0.39, 0.29) is 11.9 Å². The molecule has 0 heterocycles. The average molecular weight is 349 g/mol. The Morgan fingerprint density at radius 1 is 1.44 bits per heavy atom. The zero-order valence-electron chi connectivity index (χ0n) is 9.63. The second-order valence-corrected chi connectivity index (χ2v) is 5.57. The van der Waals surface area contributed by atoms with Gasteiger partial charge >= 0.3 is 0 Å². The number of hydrogen-bond donors (Lipinski definition) is 0. The van der Waals surface area contributed by atoms with Crippen molar-refractivity contribution in [1.82, 2.24) is 4.90 Å². The van der Waals surface area contributed by atoms with Crippen LogP contribution in [0.1, 0.15) is 30.6 Å². The van der Waals surface area contributed by atoms with Gasteiger partial charge in [-0.3, -0.25) is 4.79 Å². The minimum Gasteiger partial charge on any atom is -0.339 e. The van der Waals surface area contributed by atoms with E-state index in [1.54, 1.807) is 4.90 Å². The number of carbonyl (C=O) groups is 1. The highest BCUT2D eigenvalue weighted by molar-refractivity contribution is 9.11. The van der Waals surface area contributed by atoms with Gasteiger partial charge in [0.05, 0.1) is 5.56 Å². The highest BCUT2D eigenvalue weighted by Gasteiger charge is 2.18. The molecule has 0 saturated heterocycles. The Morgan fingerprint density at radius 2 is 2.06 bits per heavy atom. The van der Waals surface area contributed by atoms with Crippen molar-refractivity contribution >= 4 is 37.8 Å². The van der Waals surface area contributed by atoms with E-state index in [2.05, 4.69) is 38.8 Å². The molecule has 1 amide bonds. The van der Waals surface area contributed by atoms with Gasteiger partial charge in [-0.25, -0.2) is 0 Å². The fourth-order valence-corrected chi connectivity index (χ4v) is 2.54. The second-order valence-electron chi connectivity index (χ2n) is 3.80. The summed E-state index contributed by atoms with van der Waals surface area (Å²) in [6, 6.07) is 5.85. The minimum absolute atomic E-state index is 0.0497. The average Bonchev–Trinajstić information content (AvgIpc) is 2.26. The topological polar surface area (TPSA) is 20.3 Å². The molecule has 0 aliphatic carbocycles. The number of nitrogens with zero attached hydrogens (tertiary/aromatic N) is 1. The van der Waals surface area contributed by atoms with Crippen LogP contribution in [-0.2, 0) is 0 Å².